The van der Waals surface area contributed by atoms with Gasteiger partial charge in [-0.3, -0.25) is 4.99 Å². The Morgan fingerprint density at radius 3 is 2.25 bits per heavy atom. The molecule has 0 amide bonds. The molecular formula is C11H26N4S. The summed E-state index contributed by atoms with van der Waals surface area (Å²) >= 11 is 1.83. The van der Waals surface area contributed by atoms with Crippen LogP contribution in [0.3, 0.4) is 0 Å². The van der Waals surface area contributed by atoms with Gasteiger partial charge in [0.25, 0.3) is 0 Å². The summed E-state index contributed by atoms with van der Waals surface area (Å²) in [6.07, 6.45) is 2.10. The van der Waals surface area contributed by atoms with Crippen LogP contribution in [0, 0.1) is 0 Å². The average Bonchev–Trinajstić information content (AvgIpc) is 2.20. The molecule has 0 spiro atoms. The highest BCUT2D eigenvalue weighted by Crippen LogP contribution is 1.96. The van der Waals surface area contributed by atoms with Gasteiger partial charge in [0.2, 0.25) is 0 Å². The van der Waals surface area contributed by atoms with Crippen LogP contribution in [-0.4, -0.2) is 50.2 Å². The van der Waals surface area contributed by atoms with Crippen molar-refractivity contribution in [1.29, 1.82) is 0 Å². The second-order valence-electron chi connectivity index (χ2n) is 4.60. The molecule has 0 heterocycles. The molecule has 5 heteroatoms. The zero-order valence-electron chi connectivity index (χ0n) is 11.2. The summed E-state index contributed by atoms with van der Waals surface area (Å²) in [5, 5.41) is 9.95. The molecular weight excluding hydrogens is 220 g/mol. The van der Waals surface area contributed by atoms with E-state index in [0.717, 1.165) is 31.3 Å². The zero-order valence-corrected chi connectivity index (χ0v) is 12.0. The van der Waals surface area contributed by atoms with Gasteiger partial charge in [0, 0.05) is 38.0 Å². The normalized spacial score (nSPS) is 12.7. The fourth-order valence-electron chi connectivity index (χ4n) is 1.11. The average molecular weight is 246 g/mol. The maximum atomic E-state index is 4.15. The highest BCUT2D eigenvalue weighted by atomic mass is 32.2. The fourth-order valence-corrected chi connectivity index (χ4v) is 1.42. The Morgan fingerprint density at radius 2 is 1.75 bits per heavy atom. The minimum Gasteiger partial charge on any atom is -0.356 e. The predicted molar refractivity (Wildman–Crippen MR) is 75.5 cm³/mol. The third-order valence-corrected chi connectivity index (χ3v) is 2.51. The number of nitrogens with zero attached hydrogens (tertiary/aromatic N) is 1. The number of hydrogen-bond donors (Lipinski definition) is 3. The van der Waals surface area contributed by atoms with E-state index in [1.807, 2.05) is 11.8 Å². The van der Waals surface area contributed by atoms with Crippen molar-refractivity contribution in [2.75, 3.05) is 38.7 Å². The SMILES string of the molecule is CN=C(NCCNC(C)(C)C)NCCSC. The van der Waals surface area contributed by atoms with Gasteiger partial charge in [-0.05, 0) is 27.0 Å². The fraction of sp³-hybridized carbons (Fsp3) is 0.909. The van der Waals surface area contributed by atoms with E-state index in [1.165, 1.54) is 0 Å². The highest BCUT2D eigenvalue weighted by molar-refractivity contribution is 7.98. The molecule has 0 unspecified atom stereocenters. The molecule has 0 bridgehead atoms. The Labute approximate surface area is 104 Å². The summed E-state index contributed by atoms with van der Waals surface area (Å²) < 4.78 is 0. The van der Waals surface area contributed by atoms with Crippen LogP contribution in [0.25, 0.3) is 0 Å². The van der Waals surface area contributed by atoms with Crippen LogP contribution in [0.1, 0.15) is 20.8 Å². The highest BCUT2D eigenvalue weighted by Gasteiger charge is 2.07. The largest absolute Gasteiger partial charge is 0.356 e. The molecule has 0 atom stereocenters. The Kier molecular flexibility index (Phi) is 8.47. The third kappa shape index (κ3) is 10.1. The standard InChI is InChI=1S/C11H26N4S/c1-11(2,3)15-7-6-13-10(12-4)14-8-9-16-5/h15H,6-9H2,1-5H3,(H2,12,13,14). The third-order valence-electron chi connectivity index (χ3n) is 1.90. The van der Waals surface area contributed by atoms with E-state index < -0.39 is 0 Å². The first-order valence-electron chi connectivity index (χ1n) is 5.68. The summed E-state index contributed by atoms with van der Waals surface area (Å²) in [6.45, 7) is 9.27. The van der Waals surface area contributed by atoms with Crippen LogP contribution in [0.4, 0.5) is 0 Å². The summed E-state index contributed by atoms with van der Waals surface area (Å²) in [7, 11) is 1.80. The van der Waals surface area contributed by atoms with Crippen LogP contribution in [0.2, 0.25) is 0 Å². The van der Waals surface area contributed by atoms with Gasteiger partial charge in [0.05, 0.1) is 0 Å². The van der Waals surface area contributed by atoms with Gasteiger partial charge in [-0.15, -0.1) is 0 Å². The van der Waals surface area contributed by atoms with Crippen molar-refractivity contribution in [2.24, 2.45) is 4.99 Å². The van der Waals surface area contributed by atoms with Gasteiger partial charge in [-0.2, -0.15) is 11.8 Å². The van der Waals surface area contributed by atoms with Crippen molar-refractivity contribution >= 4 is 17.7 Å². The minimum atomic E-state index is 0.178. The number of guanidine groups is 1. The maximum Gasteiger partial charge on any atom is 0.191 e. The smallest absolute Gasteiger partial charge is 0.191 e. The van der Waals surface area contributed by atoms with Gasteiger partial charge in [0.1, 0.15) is 0 Å². The summed E-state index contributed by atoms with van der Waals surface area (Å²) in [4.78, 5) is 4.15. The van der Waals surface area contributed by atoms with Crippen LogP contribution in [0.15, 0.2) is 4.99 Å². The molecule has 0 aromatic rings. The predicted octanol–water partition coefficient (Wildman–Crippen LogP) is 0.902. The summed E-state index contributed by atoms with van der Waals surface area (Å²) in [5.41, 5.74) is 0.178. The Hall–Kier alpha value is -0.420. The monoisotopic (exact) mass is 246 g/mol. The van der Waals surface area contributed by atoms with Gasteiger partial charge < -0.3 is 16.0 Å². The van der Waals surface area contributed by atoms with Crippen LogP contribution in [-0.2, 0) is 0 Å². The number of nitrogens with one attached hydrogen (secondary N) is 3. The molecule has 0 aromatic carbocycles. The van der Waals surface area contributed by atoms with E-state index in [9.17, 15) is 0 Å². The molecule has 0 aliphatic rings. The van der Waals surface area contributed by atoms with E-state index >= 15 is 0 Å². The molecule has 0 aliphatic heterocycles. The lowest BCUT2D eigenvalue weighted by Gasteiger charge is -2.21. The second-order valence-corrected chi connectivity index (χ2v) is 5.58. The minimum absolute atomic E-state index is 0.178. The van der Waals surface area contributed by atoms with Gasteiger partial charge in [0.15, 0.2) is 5.96 Å². The van der Waals surface area contributed by atoms with Crippen molar-refractivity contribution in [3.8, 4) is 0 Å². The maximum absolute atomic E-state index is 4.15. The summed E-state index contributed by atoms with van der Waals surface area (Å²) in [5.74, 6) is 1.98. The van der Waals surface area contributed by atoms with E-state index in [2.05, 4.69) is 48.0 Å². The molecule has 96 valence electrons. The lowest BCUT2D eigenvalue weighted by Crippen LogP contribution is -2.44. The molecule has 0 fully saturated rings. The van der Waals surface area contributed by atoms with Crippen molar-refractivity contribution in [3.05, 3.63) is 0 Å². The van der Waals surface area contributed by atoms with Crippen LogP contribution < -0.4 is 16.0 Å². The van der Waals surface area contributed by atoms with Gasteiger partial charge in [-0.25, -0.2) is 0 Å². The molecule has 0 radical (unpaired) electrons. The second kappa shape index (κ2) is 8.70. The van der Waals surface area contributed by atoms with Crippen molar-refractivity contribution in [1.82, 2.24) is 16.0 Å². The number of aliphatic imine (C=N–C) groups is 1. The van der Waals surface area contributed by atoms with Crippen LogP contribution in [0.5, 0.6) is 0 Å². The van der Waals surface area contributed by atoms with E-state index in [-0.39, 0.29) is 5.54 Å². The summed E-state index contributed by atoms with van der Waals surface area (Å²) in [6, 6.07) is 0. The molecule has 4 nitrogen and oxygen atoms in total. The number of rotatable bonds is 6. The van der Waals surface area contributed by atoms with E-state index in [1.54, 1.807) is 7.05 Å². The molecule has 0 saturated carbocycles. The molecule has 0 aromatic heterocycles. The first-order chi connectivity index (χ1) is 7.49. The molecule has 0 saturated heterocycles. The Bertz CT molecular complexity index is 199. The van der Waals surface area contributed by atoms with E-state index in [4.69, 9.17) is 0 Å². The van der Waals surface area contributed by atoms with Crippen molar-refractivity contribution < 1.29 is 0 Å². The van der Waals surface area contributed by atoms with Gasteiger partial charge in [-0.1, -0.05) is 0 Å². The van der Waals surface area contributed by atoms with Gasteiger partial charge >= 0.3 is 0 Å². The van der Waals surface area contributed by atoms with Crippen LogP contribution >= 0.6 is 11.8 Å². The van der Waals surface area contributed by atoms with Crippen molar-refractivity contribution in [3.63, 3.8) is 0 Å². The zero-order chi connectivity index (χ0) is 12.4. The Morgan fingerprint density at radius 1 is 1.12 bits per heavy atom. The quantitative estimate of drug-likeness (QED) is 0.370. The molecule has 3 N–H and O–H groups in total. The Balaban J connectivity index is 3.57. The number of thioether (sulfide) groups is 1. The lowest BCUT2D eigenvalue weighted by molar-refractivity contribution is 0.428. The lowest BCUT2D eigenvalue weighted by atomic mass is 10.1. The first-order valence-corrected chi connectivity index (χ1v) is 7.07. The molecule has 0 aliphatic carbocycles. The van der Waals surface area contributed by atoms with E-state index in [0.29, 0.717) is 0 Å². The first kappa shape index (κ1) is 15.6. The molecule has 0 rings (SSSR count). The number of hydrogen-bond acceptors (Lipinski definition) is 3. The molecule has 16 heavy (non-hydrogen) atoms. The van der Waals surface area contributed by atoms with Crippen molar-refractivity contribution in [2.45, 2.75) is 26.3 Å². The topological polar surface area (TPSA) is 48.5 Å².